The molecule has 0 bridgehead atoms. The van der Waals surface area contributed by atoms with E-state index in [9.17, 15) is 5.11 Å². The van der Waals surface area contributed by atoms with Crippen molar-refractivity contribution in [3.63, 3.8) is 0 Å². The lowest BCUT2D eigenvalue weighted by molar-refractivity contribution is -0.0762. The van der Waals surface area contributed by atoms with Crippen LogP contribution in [0.15, 0.2) is 0 Å². The van der Waals surface area contributed by atoms with E-state index in [-0.39, 0.29) is 18.8 Å². The highest BCUT2D eigenvalue weighted by molar-refractivity contribution is 4.87. The quantitative estimate of drug-likeness (QED) is 0.638. The fourth-order valence-electron chi connectivity index (χ4n) is 2.50. The Kier molecular flexibility index (Phi) is 3.38. The number of morpholine rings is 1. The molecule has 0 spiro atoms. The molecule has 2 rings (SSSR count). The molecular formula is C10H19NO3. The molecule has 1 saturated heterocycles. The lowest BCUT2D eigenvalue weighted by Gasteiger charge is -2.37. The first-order valence-corrected chi connectivity index (χ1v) is 5.46. The van der Waals surface area contributed by atoms with Crippen molar-refractivity contribution in [1.82, 2.24) is 4.90 Å². The van der Waals surface area contributed by atoms with Crippen molar-refractivity contribution >= 4 is 0 Å². The van der Waals surface area contributed by atoms with E-state index in [1.165, 1.54) is 0 Å². The Bertz CT molecular complexity index is 188. The molecule has 2 N–H and O–H groups in total. The van der Waals surface area contributed by atoms with Gasteiger partial charge in [0.15, 0.2) is 0 Å². The predicted molar refractivity (Wildman–Crippen MR) is 52.0 cm³/mol. The van der Waals surface area contributed by atoms with E-state index in [0.717, 1.165) is 32.4 Å². The van der Waals surface area contributed by atoms with Crippen molar-refractivity contribution in [2.75, 3.05) is 26.3 Å². The Morgan fingerprint density at radius 2 is 2.21 bits per heavy atom. The molecule has 1 heterocycles. The van der Waals surface area contributed by atoms with Gasteiger partial charge in [-0.3, -0.25) is 4.90 Å². The van der Waals surface area contributed by atoms with Crippen molar-refractivity contribution < 1.29 is 14.9 Å². The highest BCUT2D eigenvalue weighted by Gasteiger charge is 2.33. The Hall–Kier alpha value is -0.160. The molecule has 4 nitrogen and oxygen atoms in total. The van der Waals surface area contributed by atoms with Crippen LogP contribution in [0.3, 0.4) is 0 Å². The largest absolute Gasteiger partial charge is 0.394 e. The van der Waals surface area contributed by atoms with E-state index in [0.29, 0.717) is 12.6 Å². The summed E-state index contributed by atoms with van der Waals surface area (Å²) in [4.78, 5) is 2.27. The van der Waals surface area contributed by atoms with Crippen molar-refractivity contribution in [1.29, 1.82) is 0 Å². The molecule has 3 unspecified atom stereocenters. The summed E-state index contributed by atoms with van der Waals surface area (Å²) in [7, 11) is 0. The monoisotopic (exact) mass is 201 g/mol. The molecule has 14 heavy (non-hydrogen) atoms. The lowest BCUT2D eigenvalue weighted by Crippen LogP contribution is -2.51. The van der Waals surface area contributed by atoms with Gasteiger partial charge in [-0.25, -0.2) is 0 Å². The zero-order valence-corrected chi connectivity index (χ0v) is 8.43. The molecule has 82 valence electrons. The number of hydrogen-bond donors (Lipinski definition) is 2. The van der Waals surface area contributed by atoms with E-state index in [4.69, 9.17) is 9.84 Å². The third-order valence-corrected chi connectivity index (χ3v) is 3.29. The molecule has 0 aromatic rings. The van der Waals surface area contributed by atoms with Gasteiger partial charge >= 0.3 is 0 Å². The van der Waals surface area contributed by atoms with Crippen molar-refractivity contribution in [3.8, 4) is 0 Å². The SMILES string of the molecule is OCC1CN(C2CCCC2O)CCO1. The van der Waals surface area contributed by atoms with Crippen LogP contribution in [0.2, 0.25) is 0 Å². The van der Waals surface area contributed by atoms with Gasteiger partial charge < -0.3 is 14.9 Å². The van der Waals surface area contributed by atoms with Crippen LogP contribution in [0.25, 0.3) is 0 Å². The Balaban J connectivity index is 1.90. The number of ether oxygens (including phenoxy) is 1. The van der Waals surface area contributed by atoms with Crippen molar-refractivity contribution in [2.24, 2.45) is 0 Å². The minimum absolute atomic E-state index is 0.0588. The van der Waals surface area contributed by atoms with Crippen LogP contribution in [0.4, 0.5) is 0 Å². The fourth-order valence-corrected chi connectivity index (χ4v) is 2.50. The van der Waals surface area contributed by atoms with Gasteiger partial charge in [0.1, 0.15) is 0 Å². The van der Waals surface area contributed by atoms with Gasteiger partial charge in [0.05, 0.1) is 25.4 Å². The van der Waals surface area contributed by atoms with Gasteiger partial charge in [-0.1, -0.05) is 0 Å². The Labute approximate surface area is 84.5 Å². The Morgan fingerprint density at radius 1 is 1.36 bits per heavy atom. The zero-order chi connectivity index (χ0) is 9.97. The summed E-state index contributed by atoms with van der Waals surface area (Å²) in [6, 6.07) is 0.299. The van der Waals surface area contributed by atoms with E-state index in [2.05, 4.69) is 4.90 Å². The van der Waals surface area contributed by atoms with Crippen LogP contribution in [-0.4, -0.2) is 59.7 Å². The third kappa shape index (κ3) is 2.08. The van der Waals surface area contributed by atoms with Crippen LogP contribution in [-0.2, 0) is 4.74 Å². The second kappa shape index (κ2) is 4.57. The van der Waals surface area contributed by atoms with Crippen LogP contribution < -0.4 is 0 Å². The van der Waals surface area contributed by atoms with Crippen molar-refractivity contribution in [3.05, 3.63) is 0 Å². The molecule has 2 aliphatic rings. The van der Waals surface area contributed by atoms with Gasteiger partial charge in [-0.2, -0.15) is 0 Å². The fraction of sp³-hybridized carbons (Fsp3) is 1.00. The van der Waals surface area contributed by atoms with Crippen LogP contribution >= 0.6 is 0 Å². The predicted octanol–water partition coefficient (Wildman–Crippen LogP) is -0.407. The standard InChI is InChI=1S/C10H19NO3/c12-7-8-6-11(4-5-14-8)9-2-1-3-10(9)13/h8-10,12-13H,1-7H2. The van der Waals surface area contributed by atoms with Gasteiger partial charge in [0.25, 0.3) is 0 Å². The van der Waals surface area contributed by atoms with Crippen LogP contribution in [0.5, 0.6) is 0 Å². The van der Waals surface area contributed by atoms with E-state index in [1.54, 1.807) is 0 Å². The first kappa shape index (κ1) is 10.4. The number of rotatable bonds is 2. The molecular weight excluding hydrogens is 182 g/mol. The molecule has 3 atom stereocenters. The minimum Gasteiger partial charge on any atom is -0.394 e. The number of nitrogens with zero attached hydrogens (tertiary/aromatic N) is 1. The smallest absolute Gasteiger partial charge is 0.0933 e. The summed E-state index contributed by atoms with van der Waals surface area (Å²) >= 11 is 0. The Morgan fingerprint density at radius 3 is 2.86 bits per heavy atom. The first-order chi connectivity index (χ1) is 6.81. The highest BCUT2D eigenvalue weighted by atomic mass is 16.5. The second-order valence-corrected chi connectivity index (χ2v) is 4.24. The maximum atomic E-state index is 9.76. The molecule has 2 fully saturated rings. The second-order valence-electron chi connectivity index (χ2n) is 4.24. The normalized spacial score (nSPS) is 40.3. The van der Waals surface area contributed by atoms with Gasteiger partial charge in [0.2, 0.25) is 0 Å². The summed E-state index contributed by atoms with van der Waals surface area (Å²) in [5, 5.41) is 18.8. The summed E-state index contributed by atoms with van der Waals surface area (Å²) in [6.45, 7) is 2.41. The lowest BCUT2D eigenvalue weighted by atomic mass is 10.1. The van der Waals surface area contributed by atoms with E-state index >= 15 is 0 Å². The third-order valence-electron chi connectivity index (χ3n) is 3.29. The van der Waals surface area contributed by atoms with Gasteiger partial charge in [-0.05, 0) is 19.3 Å². The molecule has 0 amide bonds. The van der Waals surface area contributed by atoms with Crippen molar-refractivity contribution in [2.45, 2.75) is 37.5 Å². The number of aliphatic hydroxyl groups excluding tert-OH is 2. The van der Waals surface area contributed by atoms with Crippen LogP contribution in [0.1, 0.15) is 19.3 Å². The average molecular weight is 201 g/mol. The van der Waals surface area contributed by atoms with E-state index < -0.39 is 0 Å². The van der Waals surface area contributed by atoms with Gasteiger partial charge in [-0.15, -0.1) is 0 Å². The maximum Gasteiger partial charge on any atom is 0.0933 e. The number of aliphatic hydroxyl groups is 2. The molecule has 1 aliphatic carbocycles. The first-order valence-electron chi connectivity index (χ1n) is 5.46. The average Bonchev–Trinajstić information content (AvgIpc) is 2.65. The molecule has 0 radical (unpaired) electrons. The van der Waals surface area contributed by atoms with E-state index in [1.807, 2.05) is 0 Å². The molecule has 1 aliphatic heterocycles. The maximum absolute atomic E-state index is 9.76. The molecule has 4 heteroatoms. The zero-order valence-electron chi connectivity index (χ0n) is 8.43. The summed E-state index contributed by atoms with van der Waals surface area (Å²) < 4.78 is 5.38. The highest BCUT2D eigenvalue weighted by Crippen LogP contribution is 2.25. The van der Waals surface area contributed by atoms with Gasteiger partial charge in [0, 0.05) is 19.1 Å². The molecule has 0 aromatic carbocycles. The summed E-state index contributed by atoms with van der Waals surface area (Å²) in [5.74, 6) is 0. The molecule has 0 aromatic heterocycles. The summed E-state index contributed by atoms with van der Waals surface area (Å²) in [6.07, 6.45) is 2.89. The summed E-state index contributed by atoms with van der Waals surface area (Å²) in [5.41, 5.74) is 0. The van der Waals surface area contributed by atoms with Crippen LogP contribution in [0, 0.1) is 0 Å². The molecule has 1 saturated carbocycles. The number of hydrogen-bond acceptors (Lipinski definition) is 4. The minimum atomic E-state index is -0.174. The topological polar surface area (TPSA) is 52.9 Å².